The molecule has 1 aromatic rings. The molecule has 1 fully saturated rings. The zero-order chi connectivity index (χ0) is 15.5. The molecule has 1 amide bonds. The Kier molecular flexibility index (Phi) is 5.28. The lowest BCUT2D eigenvalue weighted by atomic mass is 9.75. The molecule has 0 bridgehead atoms. The van der Waals surface area contributed by atoms with Crippen molar-refractivity contribution < 1.29 is 4.79 Å². The van der Waals surface area contributed by atoms with Gasteiger partial charge in [-0.25, -0.2) is 0 Å². The fourth-order valence-electron chi connectivity index (χ4n) is 3.20. The molecule has 4 heteroatoms. The quantitative estimate of drug-likeness (QED) is 0.921. The monoisotopic (exact) mass is 308 g/mol. The van der Waals surface area contributed by atoms with Crippen molar-refractivity contribution >= 4 is 17.5 Å². The Balaban J connectivity index is 2.20. The maximum absolute atomic E-state index is 13.0. The Hall–Kier alpha value is -1.06. The summed E-state index contributed by atoms with van der Waals surface area (Å²) in [6.07, 6.45) is 2.73. The molecule has 0 aliphatic carbocycles. The summed E-state index contributed by atoms with van der Waals surface area (Å²) in [4.78, 5) is 14.9. The van der Waals surface area contributed by atoms with Gasteiger partial charge in [0, 0.05) is 12.1 Å². The molecule has 21 heavy (non-hydrogen) atoms. The normalized spacial score (nSPS) is 19.0. The first-order valence-corrected chi connectivity index (χ1v) is 8.12. The predicted octanol–water partition coefficient (Wildman–Crippen LogP) is 3.64. The molecule has 0 spiro atoms. The summed E-state index contributed by atoms with van der Waals surface area (Å²) in [7, 11) is 1.90. The molecule has 1 saturated heterocycles. The maximum Gasteiger partial charge on any atom is 0.229 e. The van der Waals surface area contributed by atoms with Gasteiger partial charge in [-0.15, -0.1) is 0 Å². The smallest absolute Gasteiger partial charge is 0.229 e. The van der Waals surface area contributed by atoms with Crippen LogP contribution in [0, 0.1) is 5.41 Å². The summed E-state index contributed by atoms with van der Waals surface area (Å²) < 4.78 is 0. The number of benzene rings is 1. The third-order valence-corrected chi connectivity index (χ3v) is 5.29. The van der Waals surface area contributed by atoms with Crippen LogP contribution in [-0.4, -0.2) is 30.9 Å². The fraction of sp³-hybridized carbons (Fsp3) is 0.588. The Labute approximate surface area is 132 Å². The molecule has 1 unspecified atom stereocenters. The van der Waals surface area contributed by atoms with E-state index in [-0.39, 0.29) is 17.4 Å². The minimum Gasteiger partial charge on any atom is -0.338 e. The van der Waals surface area contributed by atoms with Crippen molar-refractivity contribution in [2.45, 2.75) is 39.2 Å². The molecule has 2 rings (SSSR count). The van der Waals surface area contributed by atoms with E-state index < -0.39 is 0 Å². The van der Waals surface area contributed by atoms with Gasteiger partial charge in [0.2, 0.25) is 5.91 Å². The number of amides is 1. The maximum atomic E-state index is 13.0. The van der Waals surface area contributed by atoms with Gasteiger partial charge in [-0.2, -0.15) is 0 Å². The molecule has 0 aromatic heterocycles. The number of halogens is 1. The predicted molar refractivity (Wildman–Crippen MR) is 87.5 cm³/mol. The van der Waals surface area contributed by atoms with Crippen molar-refractivity contribution in [2.75, 3.05) is 20.1 Å². The largest absolute Gasteiger partial charge is 0.338 e. The zero-order valence-corrected chi connectivity index (χ0v) is 13.9. The first-order valence-electron chi connectivity index (χ1n) is 7.74. The Morgan fingerprint density at radius 1 is 1.38 bits per heavy atom. The second-order valence-electron chi connectivity index (χ2n) is 6.00. The molecule has 116 valence electrons. The van der Waals surface area contributed by atoms with Crippen molar-refractivity contribution in [3.05, 3.63) is 34.9 Å². The molecular weight excluding hydrogens is 284 g/mol. The van der Waals surface area contributed by atoms with E-state index in [0.717, 1.165) is 42.9 Å². The molecule has 1 aromatic carbocycles. The lowest BCUT2D eigenvalue weighted by Crippen LogP contribution is -2.48. The van der Waals surface area contributed by atoms with Crippen molar-refractivity contribution in [2.24, 2.45) is 5.41 Å². The van der Waals surface area contributed by atoms with Crippen LogP contribution < -0.4 is 5.32 Å². The second-order valence-corrected chi connectivity index (χ2v) is 6.40. The van der Waals surface area contributed by atoms with Crippen molar-refractivity contribution in [3.63, 3.8) is 0 Å². The van der Waals surface area contributed by atoms with Crippen LogP contribution in [0.4, 0.5) is 0 Å². The van der Waals surface area contributed by atoms with Gasteiger partial charge >= 0.3 is 0 Å². The van der Waals surface area contributed by atoms with E-state index in [2.05, 4.69) is 12.2 Å². The van der Waals surface area contributed by atoms with Gasteiger partial charge in [0.05, 0.1) is 11.5 Å². The van der Waals surface area contributed by atoms with Crippen LogP contribution in [0.2, 0.25) is 5.02 Å². The van der Waals surface area contributed by atoms with Gasteiger partial charge in [0.25, 0.3) is 0 Å². The highest BCUT2D eigenvalue weighted by atomic mass is 35.5. The number of hydrogen-bond donors (Lipinski definition) is 1. The van der Waals surface area contributed by atoms with Crippen LogP contribution in [0.3, 0.4) is 0 Å². The lowest BCUT2D eigenvalue weighted by Gasteiger charge is -2.40. The van der Waals surface area contributed by atoms with Crippen molar-refractivity contribution in [1.29, 1.82) is 0 Å². The van der Waals surface area contributed by atoms with E-state index in [1.54, 1.807) is 0 Å². The molecular formula is C17H25ClN2O. The van der Waals surface area contributed by atoms with Gasteiger partial charge < -0.3 is 10.2 Å². The van der Waals surface area contributed by atoms with Crippen LogP contribution in [0.5, 0.6) is 0 Å². The third kappa shape index (κ3) is 3.24. The highest BCUT2D eigenvalue weighted by Crippen LogP contribution is 2.37. The molecule has 1 atom stereocenters. The van der Waals surface area contributed by atoms with Crippen LogP contribution >= 0.6 is 11.6 Å². The van der Waals surface area contributed by atoms with Gasteiger partial charge in [0.15, 0.2) is 0 Å². The van der Waals surface area contributed by atoms with Crippen LogP contribution in [0.25, 0.3) is 0 Å². The third-order valence-electron chi connectivity index (χ3n) is 4.95. The van der Waals surface area contributed by atoms with E-state index in [1.165, 1.54) is 0 Å². The number of carbonyl (C=O) groups is 1. The van der Waals surface area contributed by atoms with E-state index in [1.807, 2.05) is 43.1 Å². The van der Waals surface area contributed by atoms with Crippen molar-refractivity contribution in [3.8, 4) is 0 Å². The average Bonchev–Trinajstić information content (AvgIpc) is 2.54. The summed E-state index contributed by atoms with van der Waals surface area (Å²) in [5, 5.41) is 4.07. The molecule has 0 radical (unpaired) electrons. The number of nitrogens with one attached hydrogen (secondary N) is 1. The highest BCUT2D eigenvalue weighted by molar-refractivity contribution is 6.31. The first kappa shape index (κ1) is 16.3. The second kappa shape index (κ2) is 6.80. The Morgan fingerprint density at radius 3 is 2.57 bits per heavy atom. The summed E-state index contributed by atoms with van der Waals surface area (Å²) in [6, 6.07) is 7.75. The number of carbonyl (C=O) groups excluding carboxylic acids is 1. The van der Waals surface area contributed by atoms with Crippen LogP contribution in [0.1, 0.15) is 44.7 Å². The minimum atomic E-state index is -0.213. The van der Waals surface area contributed by atoms with E-state index in [9.17, 15) is 4.79 Å². The van der Waals surface area contributed by atoms with Gasteiger partial charge in [-0.1, -0.05) is 36.7 Å². The standard InChI is InChI=1S/C17H25ClN2O/c1-4-17(9-11-19-12-10-17)16(21)20(3)13(2)14-7-5-6-8-15(14)18/h5-8,13,19H,4,9-12H2,1-3H3. The van der Waals surface area contributed by atoms with Gasteiger partial charge in [-0.3, -0.25) is 4.79 Å². The molecule has 3 nitrogen and oxygen atoms in total. The lowest BCUT2D eigenvalue weighted by molar-refractivity contribution is -0.144. The topological polar surface area (TPSA) is 32.3 Å². The summed E-state index contributed by atoms with van der Waals surface area (Å²) in [6.45, 7) is 6.02. The van der Waals surface area contributed by atoms with Gasteiger partial charge in [-0.05, 0) is 50.9 Å². The number of piperidine rings is 1. The molecule has 1 N–H and O–H groups in total. The number of hydrogen-bond acceptors (Lipinski definition) is 2. The minimum absolute atomic E-state index is 0.00971. The average molecular weight is 309 g/mol. The molecule has 1 aliphatic rings. The van der Waals surface area contributed by atoms with Crippen molar-refractivity contribution in [1.82, 2.24) is 10.2 Å². The zero-order valence-electron chi connectivity index (χ0n) is 13.2. The van der Waals surface area contributed by atoms with E-state index >= 15 is 0 Å². The summed E-state index contributed by atoms with van der Waals surface area (Å²) in [5.74, 6) is 0.249. The highest BCUT2D eigenvalue weighted by Gasteiger charge is 2.40. The van der Waals surface area contributed by atoms with Gasteiger partial charge in [0.1, 0.15) is 0 Å². The fourth-order valence-corrected chi connectivity index (χ4v) is 3.49. The molecule has 1 aliphatic heterocycles. The van der Waals surface area contributed by atoms with E-state index in [4.69, 9.17) is 11.6 Å². The Morgan fingerprint density at radius 2 is 2.00 bits per heavy atom. The van der Waals surface area contributed by atoms with Crippen LogP contribution in [-0.2, 0) is 4.79 Å². The SMILES string of the molecule is CCC1(C(=O)N(C)C(C)c2ccccc2Cl)CCNCC1. The Bertz CT molecular complexity index is 497. The molecule has 1 heterocycles. The number of nitrogens with zero attached hydrogens (tertiary/aromatic N) is 1. The first-order chi connectivity index (χ1) is 10.0. The summed E-state index contributed by atoms with van der Waals surface area (Å²) in [5.41, 5.74) is 0.797. The number of rotatable bonds is 4. The summed E-state index contributed by atoms with van der Waals surface area (Å²) >= 11 is 6.27. The van der Waals surface area contributed by atoms with E-state index in [0.29, 0.717) is 0 Å². The van der Waals surface area contributed by atoms with Crippen LogP contribution in [0.15, 0.2) is 24.3 Å². The molecule has 0 saturated carbocycles.